The summed E-state index contributed by atoms with van der Waals surface area (Å²) in [5, 5.41) is 0.842. The third-order valence-electron chi connectivity index (χ3n) is 4.32. The second-order valence-corrected chi connectivity index (χ2v) is 7.66. The van der Waals surface area contributed by atoms with Crippen molar-refractivity contribution in [1.29, 1.82) is 0 Å². The molecule has 0 aliphatic carbocycles. The van der Waals surface area contributed by atoms with Crippen LogP contribution in [0.2, 0.25) is 0 Å². The van der Waals surface area contributed by atoms with Crippen molar-refractivity contribution in [3.63, 3.8) is 0 Å². The number of nitrogens with zero attached hydrogens (tertiary/aromatic N) is 3. The number of hydrogen-bond donors (Lipinski definition) is 0. The van der Waals surface area contributed by atoms with Crippen molar-refractivity contribution in [2.24, 2.45) is 0 Å². The average Bonchev–Trinajstić information content (AvgIpc) is 3.00. The van der Waals surface area contributed by atoms with Crippen LogP contribution in [-0.2, 0) is 9.53 Å². The van der Waals surface area contributed by atoms with Gasteiger partial charge >= 0.3 is 0 Å². The highest BCUT2D eigenvalue weighted by Gasteiger charge is 2.26. The van der Waals surface area contributed by atoms with Crippen LogP contribution in [0.3, 0.4) is 0 Å². The summed E-state index contributed by atoms with van der Waals surface area (Å²) in [6, 6.07) is 6.35. The molecule has 6 heteroatoms. The van der Waals surface area contributed by atoms with Crippen molar-refractivity contribution in [2.75, 3.05) is 18.8 Å². The van der Waals surface area contributed by atoms with Crippen molar-refractivity contribution >= 4 is 17.7 Å². The van der Waals surface area contributed by atoms with E-state index in [0.29, 0.717) is 18.8 Å². The average molecular weight is 359 g/mol. The van der Waals surface area contributed by atoms with E-state index < -0.39 is 0 Å². The van der Waals surface area contributed by atoms with Crippen molar-refractivity contribution in [3.05, 3.63) is 41.7 Å². The molecule has 3 rings (SSSR count). The van der Waals surface area contributed by atoms with Crippen molar-refractivity contribution < 1.29 is 9.53 Å². The first kappa shape index (κ1) is 18.0. The Bertz CT molecular complexity index is 749. The number of thioether (sulfide) groups is 1. The van der Waals surface area contributed by atoms with Gasteiger partial charge in [-0.25, -0.2) is 4.98 Å². The van der Waals surface area contributed by atoms with Gasteiger partial charge < -0.3 is 9.64 Å². The van der Waals surface area contributed by atoms with E-state index in [0.717, 1.165) is 10.8 Å². The van der Waals surface area contributed by atoms with Gasteiger partial charge in [0, 0.05) is 25.5 Å². The van der Waals surface area contributed by atoms with E-state index in [1.54, 1.807) is 6.20 Å². The summed E-state index contributed by atoms with van der Waals surface area (Å²) in [5.74, 6) is 0.531. The molecule has 0 saturated carbocycles. The first-order valence-electron chi connectivity index (χ1n) is 8.61. The largest absolute Gasteiger partial charge is 0.372 e. The zero-order valence-electron chi connectivity index (χ0n) is 15.2. The minimum Gasteiger partial charge on any atom is -0.372 e. The molecule has 1 aliphatic heterocycles. The number of amides is 1. The lowest BCUT2D eigenvalue weighted by Gasteiger charge is -2.35. The Morgan fingerprint density at radius 2 is 2.00 bits per heavy atom. The van der Waals surface area contributed by atoms with Crippen LogP contribution in [0.5, 0.6) is 0 Å². The Hall–Kier alpha value is -1.79. The summed E-state index contributed by atoms with van der Waals surface area (Å²) in [6.45, 7) is 9.53. The van der Waals surface area contributed by atoms with Gasteiger partial charge in [0.15, 0.2) is 5.16 Å². The molecule has 1 aromatic carbocycles. The highest BCUT2D eigenvalue weighted by atomic mass is 32.2. The van der Waals surface area contributed by atoms with Gasteiger partial charge in [-0.15, -0.1) is 0 Å². The minimum atomic E-state index is 0.0925. The van der Waals surface area contributed by atoms with E-state index in [-0.39, 0.29) is 18.1 Å². The van der Waals surface area contributed by atoms with Crippen molar-refractivity contribution in [3.8, 4) is 5.69 Å². The van der Waals surface area contributed by atoms with Crippen LogP contribution in [0.15, 0.2) is 35.7 Å². The molecular formula is C19H25N3O2S. The van der Waals surface area contributed by atoms with Crippen LogP contribution in [0.4, 0.5) is 0 Å². The minimum absolute atomic E-state index is 0.0925. The van der Waals surface area contributed by atoms with Crippen LogP contribution in [0, 0.1) is 13.8 Å². The molecule has 0 bridgehead atoms. The Kier molecular flexibility index (Phi) is 5.49. The molecule has 2 heterocycles. The second-order valence-electron chi connectivity index (χ2n) is 6.71. The topological polar surface area (TPSA) is 47.4 Å². The highest BCUT2D eigenvalue weighted by Crippen LogP contribution is 2.24. The van der Waals surface area contributed by atoms with Gasteiger partial charge in [0.25, 0.3) is 0 Å². The van der Waals surface area contributed by atoms with Gasteiger partial charge in [-0.2, -0.15) is 0 Å². The molecular weight excluding hydrogens is 334 g/mol. The van der Waals surface area contributed by atoms with Crippen LogP contribution >= 0.6 is 11.8 Å². The highest BCUT2D eigenvalue weighted by molar-refractivity contribution is 7.99. The van der Waals surface area contributed by atoms with E-state index in [2.05, 4.69) is 41.6 Å². The number of aromatic nitrogens is 2. The number of rotatable bonds is 4. The molecule has 0 N–H and O–H groups in total. The predicted octanol–water partition coefficient (Wildman–Crippen LogP) is 3.22. The van der Waals surface area contributed by atoms with Crippen LogP contribution < -0.4 is 0 Å². The Morgan fingerprint density at radius 1 is 1.28 bits per heavy atom. The molecule has 0 unspecified atom stereocenters. The van der Waals surface area contributed by atoms with Crippen LogP contribution in [0.1, 0.15) is 25.0 Å². The Morgan fingerprint density at radius 3 is 2.68 bits per heavy atom. The Balaban J connectivity index is 1.68. The molecule has 1 fully saturated rings. The summed E-state index contributed by atoms with van der Waals surface area (Å²) in [4.78, 5) is 18.9. The fourth-order valence-electron chi connectivity index (χ4n) is 3.25. The van der Waals surface area contributed by atoms with Gasteiger partial charge in [-0.3, -0.25) is 9.36 Å². The summed E-state index contributed by atoms with van der Waals surface area (Å²) in [7, 11) is 0. The number of aryl methyl sites for hydroxylation is 2. The molecule has 1 aliphatic rings. The summed E-state index contributed by atoms with van der Waals surface area (Å²) in [5.41, 5.74) is 3.54. The standard InChI is InChI=1S/C19H25N3O2S/c1-13-5-6-17(14(2)9-13)22-8-7-20-19(22)25-12-18(23)21-10-15(3)24-16(4)11-21/h5-9,15-16H,10-12H2,1-4H3/t15-,16-/m1/s1. The van der Waals surface area contributed by atoms with E-state index in [1.165, 1.54) is 22.9 Å². The molecule has 5 nitrogen and oxygen atoms in total. The molecule has 2 aromatic rings. The number of carbonyl (C=O) groups is 1. The summed E-state index contributed by atoms with van der Waals surface area (Å²) in [6.07, 6.45) is 3.92. The molecule has 1 aromatic heterocycles. The van der Waals surface area contributed by atoms with Crippen molar-refractivity contribution in [1.82, 2.24) is 14.5 Å². The molecule has 134 valence electrons. The van der Waals surface area contributed by atoms with Crippen LogP contribution in [-0.4, -0.2) is 51.4 Å². The van der Waals surface area contributed by atoms with Crippen molar-refractivity contribution in [2.45, 2.75) is 45.1 Å². The number of ether oxygens (including phenoxy) is 1. The lowest BCUT2D eigenvalue weighted by atomic mass is 10.1. The first-order chi connectivity index (χ1) is 11.9. The first-order valence-corrected chi connectivity index (χ1v) is 9.59. The maximum Gasteiger partial charge on any atom is 0.233 e. The second kappa shape index (κ2) is 7.62. The predicted molar refractivity (Wildman–Crippen MR) is 100 cm³/mol. The van der Waals surface area contributed by atoms with Gasteiger partial charge in [-0.05, 0) is 39.3 Å². The van der Waals surface area contributed by atoms with E-state index in [1.807, 2.05) is 24.9 Å². The van der Waals surface area contributed by atoms with Gasteiger partial charge in [-0.1, -0.05) is 29.5 Å². The molecule has 0 spiro atoms. The fraction of sp³-hybridized carbons (Fsp3) is 0.474. The third-order valence-corrected chi connectivity index (χ3v) is 5.27. The smallest absolute Gasteiger partial charge is 0.233 e. The quantitative estimate of drug-likeness (QED) is 0.787. The number of imidazole rings is 1. The maximum atomic E-state index is 12.6. The number of hydrogen-bond acceptors (Lipinski definition) is 4. The molecule has 1 amide bonds. The summed E-state index contributed by atoms with van der Waals surface area (Å²) < 4.78 is 7.75. The van der Waals surface area contributed by atoms with E-state index >= 15 is 0 Å². The van der Waals surface area contributed by atoms with E-state index in [4.69, 9.17) is 4.74 Å². The SMILES string of the molecule is Cc1ccc(-n2ccnc2SCC(=O)N2C[C@@H](C)O[C@H](C)C2)c(C)c1. The number of carbonyl (C=O) groups excluding carboxylic acids is 1. The molecule has 1 saturated heterocycles. The Labute approximate surface area is 153 Å². The molecule has 0 radical (unpaired) electrons. The molecule has 25 heavy (non-hydrogen) atoms. The third kappa shape index (κ3) is 4.25. The normalized spacial score (nSPS) is 20.7. The number of morpholine rings is 1. The zero-order valence-corrected chi connectivity index (χ0v) is 16.0. The number of benzene rings is 1. The lowest BCUT2D eigenvalue weighted by Crippen LogP contribution is -2.48. The van der Waals surface area contributed by atoms with Crippen LogP contribution in [0.25, 0.3) is 5.69 Å². The van der Waals surface area contributed by atoms with Gasteiger partial charge in [0.1, 0.15) is 0 Å². The van der Waals surface area contributed by atoms with Gasteiger partial charge in [0.05, 0.1) is 23.6 Å². The fourth-order valence-corrected chi connectivity index (χ4v) is 4.12. The molecule has 2 atom stereocenters. The zero-order chi connectivity index (χ0) is 18.0. The maximum absolute atomic E-state index is 12.6. The van der Waals surface area contributed by atoms with E-state index in [9.17, 15) is 4.79 Å². The monoisotopic (exact) mass is 359 g/mol. The lowest BCUT2D eigenvalue weighted by molar-refractivity contribution is -0.140. The summed E-state index contributed by atoms with van der Waals surface area (Å²) >= 11 is 1.49. The van der Waals surface area contributed by atoms with Gasteiger partial charge in [0.2, 0.25) is 5.91 Å².